The second-order valence-corrected chi connectivity index (χ2v) is 5.95. The molecular weight excluding hydrogens is 290 g/mol. The molecule has 2 N–H and O–H groups in total. The molecule has 1 amide bonds. The number of carbonyl (C=O) groups excluding carboxylic acids is 1. The summed E-state index contributed by atoms with van der Waals surface area (Å²) in [5.41, 5.74) is 1.77. The number of piperidine rings is 1. The molecule has 3 rings (SSSR count). The van der Waals surface area contributed by atoms with Crippen LogP contribution in [-0.4, -0.2) is 45.1 Å². The third-order valence-corrected chi connectivity index (χ3v) is 4.27. The van der Waals surface area contributed by atoms with Gasteiger partial charge in [-0.15, -0.1) is 0 Å². The summed E-state index contributed by atoms with van der Waals surface area (Å²) in [4.78, 5) is 19.0. The summed E-state index contributed by atoms with van der Waals surface area (Å²) in [7, 11) is 0. The molecule has 6 nitrogen and oxygen atoms in total. The molecule has 0 aliphatic carbocycles. The zero-order valence-corrected chi connectivity index (χ0v) is 13.5. The minimum atomic E-state index is -0.00218. The second kappa shape index (κ2) is 7.37. The van der Waals surface area contributed by atoms with Gasteiger partial charge in [-0.25, -0.2) is 4.98 Å². The number of rotatable bonds is 5. The van der Waals surface area contributed by atoms with E-state index in [-0.39, 0.29) is 11.9 Å². The lowest BCUT2D eigenvalue weighted by Gasteiger charge is -2.34. The fourth-order valence-electron chi connectivity index (χ4n) is 3.12. The molecule has 1 saturated heterocycles. The van der Waals surface area contributed by atoms with Gasteiger partial charge in [0.25, 0.3) is 0 Å². The first-order valence-corrected chi connectivity index (χ1v) is 8.28. The summed E-state index contributed by atoms with van der Waals surface area (Å²) in [6.45, 7) is 4.17. The Hall–Kier alpha value is -2.21. The molecule has 1 fully saturated rings. The fraction of sp³-hybridized carbons (Fsp3) is 0.471. The fourth-order valence-corrected chi connectivity index (χ4v) is 3.12. The van der Waals surface area contributed by atoms with Crippen LogP contribution in [0, 0.1) is 0 Å². The number of nitrogens with one attached hydrogen (secondary N) is 2. The molecule has 1 aliphatic heterocycles. The van der Waals surface area contributed by atoms with Gasteiger partial charge in [-0.1, -0.05) is 13.3 Å². The van der Waals surface area contributed by atoms with E-state index in [1.54, 1.807) is 0 Å². The van der Waals surface area contributed by atoms with E-state index in [9.17, 15) is 4.79 Å². The topological polar surface area (TPSA) is 73.9 Å². The van der Waals surface area contributed by atoms with Gasteiger partial charge in [0.2, 0.25) is 5.91 Å². The lowest BCUT2D eigenvalue weighted by Crippen LogP contribution is -2.47. The maximum Gasteiger partial charge on any atom is 0.241 e. The summed E-state index contributed by atoms with van der Waals surface area (Å²) >= 11 is 0. The molecule has 23 heavy (non-hydrogen) atoms. The van der Waals surface area contributed by atoms with Crippen LogP contribution in [-0.2, 0) is 4.79 Å². The van der Waals surface area contributed by atoms with Crippen molar-refractivity contribution in [1.29, 1.82) is 0 Å². The normalized spacial score (nSPS) is 18.7. The Balaban J connectivity index is 1.65. The van der Waals surface area contributed by atoms with E-state index in [2.05, 4.69) is 32.3 Å². The van der Waals surface area contributed by atoms with Crippen LogP contribution >= 0.6 is 0 Å². The minimum Gasteiger partial charge on any atom is -0.325 e. The number of aromatic nitrogens is 3. The Labute approximate surface area is 136 Å². The average Bonchev–Trinajstić information content (AvgIpc) is 3.11. The second-order valence-electron chi connectivity index (χ2n) is 5.95. The van der Waals surface area contributed by atoms with Crippen LogP contribution in [0.4, 0.5) is 5.69 Å². The van der Waals surface area contributed by atoms with E-state index in [1.165, 1.54) is 12.7 Å². The number of likely N-dealkylation sites (tertiary alicyclic amines) is 1. The predicted molar refractivity (Wildman–Crippen MR) is 90.0 cm³/mol. The number of amides is 1. The predicted octanol–water partition coefficient (Wildman–Crippen LogP) is 2.67. The van der Waals surface area contributed by atoms with Crippen LogP contribution < -0.4 is 5.32 Å². The molecule has 6 heteroatoms. The molecule has 0 radical (unpaired) electrons. The molecule has 0 bridgehead atoms. The largest absolute Gasteiger partial charge is 0.325 e. The van der Waals surface area contributed by atoms with Crippen LogP contribution in [0.3, 0.4) is 0 Å². The van der Waals surface area contributed by atoms with E-state index in [1.807, 2.05) is 24.3 Å². The van der Waals surface area contributed by atoms with Gasteiger partial charge < -0.3 is 5.32 Å². The quantitative estimate of drug-likeness (QED) is 0.890. The first-order chi connectivity index (χ1) is 11.3. The van der Waals surface area contributed by atoms with E-state index in [0.717, 1.165) is 49.4 Å². The summed E-state index contributed by atoms with van der Waals surface area (Å²) < 4.78 is 0. The number of hydrogen-bond acceptors (Lipinski definition) is 4. The summed E-state index contributed by atoms with van der Waals surface area (Å²) in [6, 6.07) is 7.67. The monoisotopic (exact) mass is 313 g/mol. The molecule has 0 spiro atoms. The molecule has 1 aliphatic rings. The van der Waals surface area contributed by atoms with Crippen LogP contribution in [0.25, 0.3) is 11.4 Å². The van der Waals surface area contributed by atoms with Crippen molar-refractivity contribution in [3.8, 4) is 11.4 Å². The van der Waals surface area contributed by atoms with E-state index >= 15 is 0 Å². The highest BCUT2D eigenvalue weighted by atomic mass is 16.2. The Bertz CT molecular complexity index is 621. The average molecular weight is 313 g/mol. The zero-order chi connectivity index (χ0) is 16.1. The molecule has 1 aromatic carbocycles. The maximum atomic E-state index is 12.6. The minimum absolute atomic E-state index is 0.00218. The summed E-state index contributed by atoms with van der Waals surface area (Å²) in [6.07, 6.45) is 5.83. The van der Waals surface area contributed by atoms with Crippen molar-refractivity contribution in [2.45, 2.75) is 38.6 Å². The van der Waals surface area contributed by atoms with Crippen molar-refractivity contribution in [1.82, 2.24) is 20.1 Å². The number of aromatic amines is 1. The van der Waals surface area contributed by atoms with Crippen molar-refractivity contribution >= 4 is 11.6 Å². The van der Waals surface area contributed by atoms with Gasteiger partial charge in [-0.2, -0.15) is 5.10 Å². The summed E-state index contributed by atoms with van der Waals surface area (Å²) in [5, 5.41) is 9.72. The molecular formula is C17H23N5O. The van der Waals surface area contributed by atoms with Crippen molar-refractivity contribution in [3.63, 3.8) is 0 Å². The van der Waals surface area contributed by atoms with Crippen LogP contribution in [0.5, 0.6) is 0 Å². The Morgan fingerprint density at radius 2 is 2.17 bits per heavy atom. The highest BCUT2D eigenvalue weighted by Crippen LogP contribution is 2.21. The van der Waals surface area contributed by atoms with E-state index in [0.29, 0.717) is 0 Å². The van der Waals surface area contributed by atoms with Gasteiger partial charge in [-0.05, 0) is 56.6 Å². The van der Waals surface area contributed by atoms with E-state index < -0.39 is 0 Å². The van der Waals surface area contributed by atoms with Gasteiger partial charge in [0.05, 0.1) is 6.04 Å². The van der Waals surface area contributed by atoms with Gasteiger partial charge >= 0.3 is 0 Å². The van der Waals surface area contributed by atoms with Crippen LogP contribution in [0.1, 0.15) is 32.6 Å². The number of benzene rings is 1. The number of nitrogens with zero attached hydrogens (tertiary/aromatic N) is 3. The molecule has 2 aromatic rings. The third-order valence-electron chi connectivity index (χ3n) is 4.27. The Morgan fingerprint density at radius 1 is 1.35 bits per heavy atom. The van der Waals surface area contributed by atoms with Gasteiger partial charge in [-0.3, -0.25) is 14.8 Å². The Kier molecular flexibility index (Phi) is 5.02. The number of H-pyrrole nitrogens is 1. The van der Waals surface area contributed by atoms with Crippen molar-refractivity contribution in [2.24, 2.45) is 0 Å². The molecule has 122 valence electrons. The van der Waals surface area contributed by atoms with Crippen LogP contribution in [0.15, 0.2) is 30.6 Å². The number of carbonyl (C=O) groups is 1. The standard InChI is InChI=1S/C17H23N5O/c1-2-10-22-11-4-3-5-15(22)17(23)20-14-8-6-13(7-9-14)16-18-12-19-21-16/h6-9,12,15H,2-5,10-11H2,1H3,(H,20,23)(H,18,19,21)/t15-/m1/s1. The lowest BCUT2D eigenvalue weighted by atomic mass is 10.0. The van der Waals surface area contributed by atoms with Crippen LogP contribution in [0.2, 0.25) is 0 Å². The highest BCUT2D eigenvalue weighted by molar-refractivity contribution is 5.95. The van der Waals surface area contributed by atoms with Gasteiger partial charge in [0, 0.05) is 11.3 Å². The lowest BCUT2D eigenvalue weighted by molar-refractivity contribution is -0.122. The molecule has 0 saturated carbocycles. The molecule has 0 unspecified atom stereocenters. The van der Waals surface area contributed by atoms with Gasteiger partial charge in [0.1, 0.15) is 6.33 Å². The first-order valence-electron chi connectivity index (χ1n) is 8.28. The highest BCUT2D eigenvalue weighted by Gasteiger charge is 2.27. The molecule has 1 atom stereocenters. The first kappa shape index (κ1) is 15.7. The number of hydrogen-bond donors (Lipinski definition) is 2. The van der Waals surface area contributed by atoms with Crippen molar-refractivity contribution < 1.29 is 4.79 Å². The zero-order valence-electron chi connectivity index (χ0n) is 13.5. The van der Waals surface area contributed by atoms with Crippen molar-refractivity contribution in [3.05, 3.63) is 30.6 Å². The molecule has 2 heterocycles. The van der Waals surface area contributed by atoms with E-state index in [4.69, 9.17) is 0 Å². The SMILES string of the molecule is CCCN1CCCC[C@@H]1C(=O)Nc1ccc(-c2ncn[nH]2)cc1. The number of anilines is 1. The smallest absolute Gasteiger partial charge is 0.241 e. The van der Waals surface area contributed by atoms with Gasteiger partial charge in [0.15, 0.2) is 5.82 Å². The summed E-state index contributed by atoms with van der Waals surface area (Å²) in [5.74, 6) is 0.829. The molecule has 1 aromatic heterocycles. The third kappa shape index (κ3) is 3.76. The van der Waals surface area contributed by atoms with Crippen molar-refractivity contribution in [2.75, 3.05) is 18.4 Å². The maximum absolute atomic E-state index is 12.6. The Morgan fingerprint density at radius 3 is 2.87 bits per heavy atom.